The number of aliphatic hydroxyl groups excluding tert-OH is 3. The van der Waals surface area contributed by atoms with E-state index in [0.29, 0.717) is 16.7 Å². The average Bonchev–Trinajstić information content (AvgIpc) is 2.88. The number of nitrogens with zero attached hydrogens (tertiary/aromatic N) is 1. The lowest BCUT2D eigenvalue weighted by Crippen LogP contribution is -2.70. The van der Waals surface area contributed by atoms with Crippen molar-refractivity contribution in [2.75, 3.05) is 19.8 Å². The summed E-state index contributed by atoms with van der Waals surface area (Å²) in [5.74, 6) is -9.56. The van der Waals surface area contributed by atoms with Crippen LogP contribution in [0.1, 0.15) is 24.0 Å². The number of anilines is 1. The third-order valence-electron chi connectivity index (χ3n) is 8.37. The Bertz CT molecular complexity index is 1510. The van der Waals surface area contributed by atoms with Gasteiger partial charge in [-0.25, -0.2) is 0 Å². The Balaban J connectivity index is 1.81. The van der Waals surface area contributed by atoms with E-state index in [9.17, 15) is 39.9 Å². The molecular weight excluding hydrogens is 506 g/mol. The second-order valence-electron chi connectivity index (χ2n) is 10.6. The number of nitrogens with two attached hydrogens (primary N) is 2. The zero-order valence-electron chi connectivity index (χ0n) is 21.4. The van der Waals surface area contributed by atoms with Crippen LogP contribution in [-0.4, -0.2) is 79.7 Å². The molecule has 1 saturated carbocycles. The molecule has 2 aromatic rings. The van der Waals surface area contributed by atoms with E-state index in [1.165, 1.54) is 19.0 Å². The second-order valence-corrected chi connectivity index (χ2v) is 10.6. The Morgan fingerprint density at radius 1 is 1.08 bits per heavy atom. The van der Waals surface area contributed by atoms with Gasteiger partial charge in [-0.15, -0.1) is 0 Å². The smallest absolute Gasteiger partial charge is 0.255 e. The monoisotopic (exact) mass is 535 g/mol. The van der Waals surface area contributed by atoms with Crippen LogP contribution in [-0.2, 0) is 14.4 Å². The normalized spacial score (nSPS) is 30.3. The van der Waals surface area contributed by atoms with Gasteiger partial charge < -0.3 is 37.0 Å². The third-order valence-corrected chi connectivity index (χ3v) is 8.37. The maximum Gasteiger partial charge on any atom is 0.255 e. The number of aliphatic hydroxyl groups is 4. The molecule has 0 saturated heterocycles. The first kappa shape index (κ1) is 26.4. The number of carbonyl (C=O) groups excluding carboxylic acids is 3. The molecule has 0 spiro atoms. The van der Waals surface area contributed by atoms with Crippen molar-refractivity contribution in [1.29, 1.82) is 0 Å². The standard InChI is InChI=1S/C28H29N3O8/c1-10-12-9-13(11-7-5-4-6-8-11)19(29)23(34)15(12)21(32)16-14(10)22(33)18-20(31(2)3)24(35)17(27(30)38)26(37)28(18,39)25(16)36/h4-10,14,18,20,22,32-34,37,39H,29H2,1-3H3,(H2,30,38)/t10-,14?,18?,20-,22?,28-/m0/s1. The van der Waals surface area contributed by atoms with Crippen LogP contribution in [0.3, 0.4) is 0 Å². The Hall–Kier alpha value is -4.19. The summed E-state index contributed by atoms with van der Waals surface area (Å²) >= 11 is 0. The minimum absolute atomic E-state index is 0.0622. The van der Waals surface area contributed by atoms with Crippen molar-refractivity contribution >= 4 is 28.9 Å². The van der Waals surface area contributed by atoms with E-state index in [2.05, 4.69) is 0 Å². The molecule has 0 heterocycles. The number of nitrogen functional groups attached to an aromatic ring is 1. The summed E-state index contributed by atoms with van der Waals surface area (Å²) in [4.78, 5) is 40.7. The maximum atomic E-state index is 14.0. The predicted molar refractivity (Wildman–Crippen MR) is 140 cm³/mol. The molecule has 1 fully saturated rings. The number of aromatic hydroxyl groups is 1. The molecule has 11 heteroatoms. The van der Waals surface area contributed by atoms with E-state index in [-0.39, 0.29) is 11.3 Å². The average molecular weight is 536 g/mol. The Morgan fingerprint density at radius 3 is 2.26 bits per heavy atom. The highest BCUT2D eigenvalue weighted by molar-refractivity contribution is 6.24. The zero-order valence-corrected chi connectivity index (χ0v) is 21.4. The van der Waals surface area contributed by atoms with Gasteiger partial charge in [0.2, 0.25) is 5.78 Å². The van der Waals surface area contributed by atoms with Gasteiger partial charge in [0.25, 0.3) is 5.91 Å². The number of benzene rings is 2. The second kappa shape index (κ2) is 8.67. The summed E-state index contributed by atoms with van der Waals surface area (Å²) in [7, 11) is 2.91. The molecule has 11 nitrogen and oxygen atoms in total. The fraction of sp³-hybridized carbons (Fsp3) is 0.321. The first-order valence-electron chi connectivity index (χ1n) is 12.3. The molecule has 0 aliphatic heterocycles. The van der Waals surface area contributed by atoms with E-state index in [1.807, 2.05) is 6.07 Å². The minimum Gasteiger partial charge on any atom is -0.508 e. The summed E-state index contributed by atoms with van der Waals surface area (Å²) in [6, 6.07) is 9.20. The molecular formula is C28H29N3O8. The van der Waals surface area contributed by atoms with Gasteiger partial charge in [0.15, 0.2) is 11.4 Å². The van der Waals surface area contributed by atoms with E-state index in [4.69, 9.17) is 11.5 Å². The zero-order chi connectivity index (χ0) is 28.7. The van der Waals surface area contributed by atoms with Gasteiger partial charge >= 0.3 is 0 Å². The molecule has 204 valence electrons. The predicted octanol–water partition coefficient (Wildman–Crippen LogP) is 0.745. The van der Waals surface area contributed by atoms with Gasteiger partial charge in [-0.2, -0.15) is 0 Å². The topological polar surface area (TPSA) is 208 Å². The van der Waals surface area contributed by atoms with Crippen LogP contribution in [0.5, 0.6) is 5.75 Å². The van der Waals surface area contributed by atoms with Crippen molar-refractivity contribution in [3.8, 4) is 16.9 Å². The summed E-state index contributed by atoms with van der Waals surface area (Å²) in [6.07, 6.45) is -1.67. The SMILES string of the molecule is C[C@H]1c2cc(-c3ccccc3)c(N)c(O)c2C(O)=C2C(=O)[C@]3(O)C(O)=C(C(N)=O)C(=O)[C@@H](N(C)C)C3C(O)C21. The van der Waals surface area contributed by atoms with Gasteiger partial charge in [0, 0.05) is 17.1 Å². The van der Waals surface area contributed by atoms with Crippen LogP contribution in [0.25, 0.3) is 16.9 Å². The van der Waals surface area contributed by atoms with Crippen molar-refractivity contribution in [2.24, 2.45) is 17.6 Å². The lowest BCUT2D eigenvalue weighted by molar-refractivity contribution is -0.169. The van der Waals surface area contributed by atoms with Gasteiger partial charge in [0.05, 0.1) is 29.3 Å². The lowest BCUT2D eigenvalue weighted by Gasteiger charge is -2.53. The molecule has 9 N–H and O–H groups in total. The fourth-order valence-electron chi connectivity index (χ4n) is 6.55. The number of hydrogen-bond donors (Lipinski definition) is 7. The van der Waals surface area contributed by atoms with E-state index >= 15 is 0 Å². The van der Waals surface area contributed by atoms with Gasteiger partial charge in [-0.1, -0.05) is 37.3 Å². The first-order chi connectivity index (χ1) is 18.3. The third kappa shape index (κ3) is 3.30. The van der Waals surface area contributed by atoms with E-state index < -0.39 is 81.4 Å². The molecule has 3 unspecified atom stereocenters. The number of fused-ring (bicyclic) bond motifs is 3. The highest BCUT2D eigenvalue weighted by Gasteiger charge is 2.68. The highest BCUT2D eigenvalue weighted by Crippen LogP contribution is 2.57. The van der Waals surface area contributed by atoms with Crippen LogP contribution < -0.4 is 11.5 Å². The van der Waals surface area contributed by atoms with E-state index in [0.717, 1.165) is 0 Å². The van der Waals surface area contributed by atoms with Crippen LogP contribution >= 0.6 is 0 Å². The molecule has 3 aliphatic carbocycles. The number of primary amides is 1. The van der Waals surface area contributed by atoms with Crippen LogP contribution in [0, 0.1) is 11.8 Å². The Kier molecular flexibility index (Phi) is 5.87. The molecule has 2 aromatic carbocycles. The molecule has 1 amide bonds. The number of carbonyl (C=O) groups is 3. The highest BCUT2D eigenvalue weighted by atomic mass is 16.4. The molecule has 0 radical (unpaired) electrons. The molecule has 6 atom stereocenters. The number of hydrogen-bond acceptors (Lipinski definition) is 10. The minimum atomic E-state index is -2.96. The first-order valence-corrected chi connectivity index (χ1v) is 12.3. The molecule has 5 rings (SSSR count). The fourth-order valence-corrected chi connectivity index (χ4v) is 6.55. The number of phenolic OH excluding ortho intramolecular Hbond substituents is 1. The van der Waals surface area contributed by atoms with Crippen molar-refractivity contribution in [2.45, 2.75) is 30.6 Å². The molecule has 39 heavy (non-hydrogen) atoms. The van der Waals surface area contributed by atoms with Crippen molar-refractivity contribution in [3.63, 3.8) is 0 Å². The maximum absolute atomic E-state index is 14.0. The summed E-state index contributed by atoms with van der Waals surface area (Å²) in [5.41, 5.74) is 8.49. The summed E-state index contributed by atoms with van der Waals surface area (Å²) in [6.45, 7) is 1.67. The number of likely N-dealkylation sites (N-methyl/N-ethyl adjacent to an activating group) is 1. The largest absolute Gasteiger partial charge is 0.508 e. The van der Waals surface area contributed by atoms with Gasteiger partial charge in [-0.05, 0) is 37.2 Å². The van der Waals surface area contributed by atoms with E-state index in [1.54, 1.807) is 37.3 Å². The van der Waals surface area contributed by atoms with Crippen LogP contribution in [0.4, 0.5) is 5.69 Å². The van der Waals surface area contributed by atoms with Crippen LogP contribution in [0.15, 0.2) is 53.3 Å². The number of rotatable bonds is 3. The van der Waals surface area contributed by atoms with Crippen molar-refractivity contribution in [1.82, 2.24) is 4.90 Å². The lowest BCUT2D eigenvalue weighted by atomic mass is 9.54. The van der Waals surface area contributed by atoms with Crippen molar-refractivity contribution in [3.05, 3.63) is 64.4 Å². The number of phenols is 1. The summed E-state index contributed by atoms with van der Waals surface area (Å²) < 4.78 is 0. The van der Waals surface area contributed by atoms with Crippen molar-refractivity contribution < 1.29 is 39.9 Å². The quantitative estimate of drug-likeness (QED) is 0.167. The molecule has 0 aromatic heterocycles. The number of ketones is 2. The molecule has 3 aliphatic rings. The Morgan fingerprint density at radius 2 is 1.69 bits per heavy atom. The number of amides is 1. The molecule has 0 bridgehead atoms. The van der Waals surface area contributed by atoms with Gasteiger partial charge in [0.1, 0.15) is 22.8 Å². The number of Topliss-reactive ketones (excluding diaryl/α,β-unsaturated/α-hetero) is 2. The Labute approximate surface area is 223 Å². The van der Waals surface area contributed by atoms with Crippen LogP contribution in [0.2, 0.25) is 0 Å². The summed E-state index contributed by atoms with van der Waals surface area (Å²) in [5, 5.41) is 56.9. The van der Waals surface area contributed by atoms with Gasteiger partial charge in [-0.3, -0.25) is 19.3 Å².